The molecule has 0 saturated carbocycles. The molecule has 0 saturated heterocycles. The van der Waals surface area contributed by atoms with Gasteiger partial charge >= 0.3 is 0 Å². The number of nitrogens with zero attached hydrogens (tertiary/aromatic N) is 2. The molecule has 0 bridgehead atoms. The van der Waals surface area contributed by atoms with Crippen LogP contribution in [0.4, 0.5) is 5.82 Å². The van der Waals surface area contributed by atoms with Crippen LogP contribution < -0.4 is 15.4 Å². The summed E-state index contributed by atoms with van der Waals surface area (Å²) in [6.45, 7) is 2.81. The minimum absolute atomic E-state index is 0.154. The van der Waals surface area contributed by atoms with Gasteiger partial charge in [-0.1, -0.05) is 42.5 Å². The Morgan fingerprint density at radius 2 is 1.88 bits per heavy atom. The van der Waals surface area contributed by atoms with Gasteiger partial charge in [0.05, 0.1) is 19.3 Å². The van der Waals surface area contributed by atoms with Crippen molar-refractivity contribution in [1.29, 1.82) is 0 Å². The maximum absolute atomic E-state index is 5.30. The van der Waals surface area contributed by atoms with Crippen molar-refractivity contribution in [2.45, 2.75) is 12.6 Å². The average Bonchev–Trinajstić information content (AvgIpc) is 3.17. The molecule has 0 aliphatic carbocycles. The van der Waals surface area contributed by atoms with Crippen LogP contribution >= 0.6 is 0 Å². The van der Waals surface area contributed by atoms with Crippen LogP contribution in [-0.4, -0.2) is 30.0 Å². The number of methoxy groups -OCH3 is 1. The maximum atomic E-state index is 5.30. The van der Waals surface area contributed by atoms with Crippen molar-refractivity contribution in [2.24, 2.45) is 5.92 Å². The van der Waals surface area contributed by atoms with Gasteiger partial charge in [-0.25, -0.2) is 4.68 Å². The zero-order valence-corrected chi connectivity index (χ0v) is 14.9. The first-order chi connectivity index (χ1) is 12.8. The quantitative estimate of drug-likeness (QED) is 0.718. The molecule has 2 N–H and O–H groups in total. The van der Waals surface area contributed by atoms with Gasteiger partial charge in [-0.15, -0.1) is 0 Å². The predicted octanol–water partition coefficient (Wildman–Crippen LogP) is 3.31. The molecule has 2 atom stereocenters. The second-order valence-electron chi connectivity index (χ2n) is 6.67. The van der Waals surface area contributed by atoms with Gasteiger partial charge in [0, 0.05) is 31.6 Å². The maximum Gasteiger partial charge on any atom is 0.124 e. The van der Waals surface area contributed by atoms with E-state index in [4.69, 9.17) is 4.74 Å². The molecule has 1 aliphatic heterocycles. The largest absolute Gasteiger partial charge is 0.497 e. The van der Waals surface area contributed by atoms with Crippen LogP contribution in [0.25, 0.3) is 0 Å². The Labute approximate surface area is 154 Å². The lowest BCUT2D eigenvalue weighted by atomic mass is 9.97. The van der Waals surface area contributed by atoms with Crippen LogP contribution in [0.2, 0.25) is 0 Å². The lowest BCUT2D eigenvalue weighted by Gasteiger charge is -2.28. The molecular weight excluding hydrogens is 324 g/mol. The summed E-state index contributed by atoms with van der Waals surface area (Å²) in [5, 5.41) is 11.6. The highest BCUT2D eigenvalue weighted by atomic mass is 16.5. The third-order valence-corrected chi connectivity index (χ3v) is 4.91. The molecule has 0 spiro atoms. The summed E-state index contributed by atoms with van der Waals surface area (Å²) in [5.41, 5.74) is 2.50. The van der Waals surface area contributed by atoms with Gasteiger partial charge in [0.15, 0.2) is 0 Å². The number of fused-ring (bicyclic) bond motifs is 1. The normalized spacial score (nSPS) is 17.2. The highest BCUT2D eigenvalue weighted by Crippen LogP contribution is 2.25. The van der Waals surface area contributed by atoms with Crippen molar-refractivity contribution in [2.75, 3.05) is 25.5 Å². The Morgan fingerprint density at radius 3 is 2.65 bits per heavy atom. The average molecular weight is 348 g/mol. The number of benzene rings is 2. The predicted molar refractivity (Wildman–Crippen MR) is 103 cm³/mol. The van der Waals surface area contributed by atoms with Crippen molar-refractivity contribution in [3.63, 3.8) is 0 Å². The number of hydrogen-bond acceptors (Lipinski definition) is 4. The van der Waals surface area contributed by atoms with Crippen LogP contribution in [0.3, 0.4) is 0 Å². The molecular formula is C21H24N4O. The second kappa shape index (κ2) is 7.62. The van der Waals surface area contributed by atoms with Crippen LogP contribution in [0, 0.1) is 5.92 Å². The van der Waals surface area contributed by atoms with E-state index < -0.39 is 0 Å². The number of hydrogen-bond donors (Lipinski definition) is 2. The Balaban J connectivity index is 1.50. The zero-order chi connectivity index (χ0) is 17.8. The van der Waals surface area contributed by atoms with Crippen LogP contribution in [-0.2, 0) is 6.54 Å². The molecule has 3 aromatic rings. The Morgan fingerprint density at radius 1 is 1.12 bits per heavy atom. The standard InChI is InChI=1S/C21H24N4O/c1-26-19-9-7-18(8-10-19)21(17-5-3-2-4-6-17)23-14-16-13-22-20-11-12-24-25(20)15-16/h2-12,16,21-23H,13-15H2,1H3/t16-,21-/m0/s1. The molecule has 1 aliphatic rings. The highest BCUT2D eigenvalue weighted by molar-refractivity contribution is 5.36. The molecule has 26 heavy (non-hydrogen) atoms. The number of aromatic nitrogens is 2. The van der Waals surface area contributed by atoms with Crippen molar-refractivity contribution >= 4 is 5.82 Å². The minimum atomic E-state index is 0.154. The molecule has 5 nitrogen and oxygen atoms in total. The van der Waals surface area contributed by atoms with E-state index in [1.54, 1.807) is 7.11 Å². The summed E-state index contributed by atoms with van der Waals surface area (Å²) in [7, 11) is 1.70. The Hall–Kier alpha value is -2.79. The number of ether oxygens (including phenoxy) is 1. The van der Waals surface area contributed by atoms with Crippen LogP contribution in [0.15, 0.2) is 66.9 Å². The van der Waals surface area contributed by atoms with E-state index >= 15 is 0 Å². The highest BCUT2D eigenvalue weighted by Gasteiger charge is 2.20. The summed E-state index contributed by atoms with van der Waals surface area (Å²) in [6, 6.07) is 21.1. The lowest BCUT2D eigenvalue weighted by molar-refractivity contribution is 0.381. The number of rotatable bonds is 6. The van der Waals surface area contributed by atoms with E-state index in [1.165, 1.54) is 11.1 Å². The minimum Gasteiger partial charge on any atom is -0.497 e. The van der Waals surface area contributed by atoms with Crippen LogP contribution in [0.1, 0.15) is 17.2 Å². The topological polar surface area (TPSA) is 51.1 Å². The SMILES string of the molecule is COc1ccc([C@@H](NC[C@@H]2CNc3ccnn3C2)c2ccccc2)cc1. The van der Waals surface area contributed by atoms with Gasteiger partial charge in [-0.05, 0) is 23.3 Å². The number of anilines is 1. The molecule has 0 fully saturated rings. The number of nitrogens with one attached hydrogen (secondary N) is 2. The third kappa shape index (κ3) is 3.58. The van der Waals surface area contributed by atoms with Gasteiger partial charge in [0.2, 0.25) is 0 Å². The molecule has 4 rings (SSSR count). The van der Waals surface area contributed by atoms with E-state index in [0.717, 1.165) is 31.2 Å². The molecule has 1 aromatic heterocycles. The van der Waals surface area contributed by atoms with Crippen molar-refractivity contribution in [3.8, 4) is 5.75 Å². The van der Waals surface area contributed by atoms with E-state index in [1.807, 2.05) is 29.1 Å². The molecule has 0 radical (unpaired) electrons. The molecule has 0 unspecified atom stereocenters. The van der Waals surface area contributed by atoms with Gasteiger partial charge in [0.1, 0.15) is 11.6 Å². The molecule has 5 heteroatoms. The summed E-state index contributed by atoms with van der Waals surface area (Å²) in [4.78, 5) is 0. The zero-order valence-electron chi connectivity index (χ0n) is 14.9. The van der Waals surface area contributed by atoms with Gasteiger partial charge in [-0.3, -0.25) is 0 Å². The molecule has 2 aromatic carbocycles. The van der Waals surface area contributed by atoms with E-state index in [0.29, 0.717) is 5.92 Å². The van der Waals surface area contributed by atoms with Gasteiger partial charge < -0.3 is 15.4 Å². The van der Waals surface area contributed by atoms with Gasteiger partial charge in [-0.2, -0.15) is 5.10 Å². The summed E-state index contributed by atoms with van der Waals surface area (Å²) in [5.74, 6) is 2.48. The van der Waals surface area contributed by atoms with E-state index in [-0.39, 0.29) is 6.04 Å². The van der Waals surface area contributed by atoms with Crippen LogP contribution in [0.5, 0.6) is 5.75 Å². The first-order valence-electron chi connectivity index (χ1n) is 9.01. The van der Waals surface area contributed by atoms with Gasteiger partial charge in [0.25, 0.3) is 0 Å². The third-order valence-electron chi connectivity index (χ3n) is 4.91. The Bertz CT molecular complexity index is 829. The van der Waals surface area contributed by atoms with E-state index in [9.17, 15) is 0 Å². The lowest BCUT2D eigenvalue weighted by Crippen LogP contribution is -2.37. The smallest absolute Gasteiger partial charge is 0.124 e. The fourth-order valence-corrected chi connectivity index (χ4v) is 3.48. The first kappa shape index (κ1) is 16.7. The molecule has 134 valence electrons. The summed E-state index contributed by atoms with van der Waals surface area (Å²) in [6.07, 6.45) is 1.85. The second-order valence-corrected chi connectivity index (χ2v) is 6.67. The van der Waals surface area contributed by atoms with Crippen molar-refractivity contribution in [3.05, 3.63) is 78.0 Å². The summed E-state index contributed by atoms with van der Waals surface area (Å²) >= 11 is 0. The van der Waals surface area contributed by atoms with Crippen molar-refractivity contribution in [1.82, 2.24) is 15.1 Å². The fraction of sp³-hybridized carbons (Fsp3) is 0.286. The first-order valence-corrected chi connectivity index (χ1v) is 9.01. The van der Waals surface area contributed by atoms with Crippen molar-refractivity contribution < 1.29 is 4.74 Å². The fourth-order valence-electron chi connectivity index (χ4n) is 3.48. The molecule has 2 heterocycles. The van der Waals surface area contributed by atoms with E-state index in [2.05, 4.69) is 58.2 Å². The summed E-state index contributed by atoms with van der Waals surface area (Å²) < 4.78 is 7.34. The monoisotopic (exact) mass is 348 g/mol. The Kier molecular flexibility index (Phi) is 4.88. The molecule has 0 amide bonds.